The van der Waals surface area contributed by atoms with Crippen molar-refractivity contribution in [1.82, 2.24) is 5.32 Å². The fraction of sp³-hybridized carbons (Fsp3) is 0.200. The van der Waals surface area contributed by atoms with Crippen LogP contribution in [-0.2, 0) is 0 Å². The Labute approximate surface area is 84.6 Å². The van der Waals surface area contributed by atoms with E-state index < -0.39 is 17.5 Å². The molecule has 1 atom stereocenters. The zero-order chi connectivity index (χ0) is 11.0. The molecule has 1 aromatic rings. The summed E-state index contributed by atoms with van der Waals surface area (Å²) in [6.07, 6.45) is 1.58. The summed E-state index contributed by atoms with van der Waals surface area (Å²) in [5.41, 5.74) is 5.55. The zero-order valence-corrected chi connectivity index (χ0v) is 7.73. The average Bonchev–Trinajstić information content (AvgIpc) is 2.61. The van der Waals surface area contributed by atoms with Gasteiger partial charge < -0.3 is 11.1 Å². The van der Waals surface area contributed by atoms with Crippen molar-refractivity contribution in [3.8, 4) is 0 Å². The highest BCUT2D eigenvalue weighted by Gasteiger charge is 2.22. The van der Waals surface area contributed by atoms with Gasteiger partial charge in [-0.25, -0.2) is 13.2 Å². The number of hydrogen-bond donors (Lipinski definition) is 2. The van der Waals surface area contributed by atoms with Gasteiger partial charge in [-0.1, -0.05) is 6.07 Å². The molecule has 0 saturated carbocycles. The largest absolute Gasteiger partial charge is 0.386 e. The predicted octanol–water partition coefficient (Wildman–Crippen LogP) is 1.59. The molecule has 0 radical (unpaired) electrons. The van der Waals surface area contributed by atoms with E-state index in [9.17, 15) is 13.2 Å². The van der Waals surface area contributed by atoms with Crippen molar-refractivity contribution < 1.29 is 13.2 Å². The van der Waals surface area contributed by atoms with E-state index in [0.717, 1.165) is 6.07 Å². The highest BCUT2D eigenvalue weighted by Crippen LogP contribution is 2.26. The molecule has 0 aromatic heterocycles. The molecule has 0 spiro atoms. The molecule has 80 valence electrons. The van der Waals surface area contributed by atoms with E-state index in [1.54, 1.807) is 6.08 Å². The Morgan fingerprint density at radius 3 is 2.53 bits per heavy atom. The zero-order valence-electron chi connectivity index (χ0n) is 7.73. The quantitative estimate of drug-likeness (QED) is 0.697. The van der Waals surface area contributed by atoms with Gasteiger partial charge in [0.05, 0.1) is 5.82 Å². The number of nitrogens with two attached hydrogens (primary N) is 1. The maximum Gasteiger partial charge on any atom is 0.194 e. The maximum atomic E-state index is 13.3. The molecule has 15 heavy (non-hydrogen) atoms. The average molecular weight is 214 g/mol. The minimum absolute atomic E-state index is 0.113. The molecule has 0 saturated heterocycles. The van der Waals surface area contributed by atoms with Crippen molar-refractivity contribution in [2.75, 3.05) is 6.54 Å². The second kappa shape index (κ2) is 3.49. The van der Waals surface area contributed by atoms with E-state index >= 15 is 0 Å². The normalized spacial score (nSPS) is 19.9. The van der Waals surface area contributed by atoms with Crippen LogP contribution in [-0.4, -0.2) is 6.54 Å². The third-order valence-corrected chi connectivity index (χ3v) is 2.37. The van der Waals surface area contributed by atoms with Gasteiger partial charge in [0.2, 0.25) is 0 Å². The second-order valence-corrected chi connectivity index (χ2v) is 3.37. The van der Waals surface area contributed by atoms with Gasteiger partial charge in [-0.2, -0.15) is 0 Å². The summed E-state index contributed by atoms with van der Waals surface area (Å²) in [4.78, 5) is 0. The van der Waals surface area contributed by atoms with Gasteiger partial charge in [-0.05, 0) is 17.7 Å². The van der Waals surface area contributed by atoms with Crippen LogP contribution in [0.2, 0.25) is 0 Å². The van der Waals surface area contributed by atoms with E-state index in [1.807, 2.05) is 0 Å². The summed E-state index contributed by atoms with van der Waals surface area (Å²) in [5, 5.41) is 2.79. The molecule has 1 heterocycles. The number of halogens is 3. The molecule has 2 rings (SSSR count). The van der Waals surface area contributed by atoms with Gasteiger partial charge in [-0.3, -0.25) is 0 Å². The molecule has 0 bridgehead atoms. The highest BCUT2D eigenvalue weighted by atomic mass is 19.2. The maximum absolute atomic E-state index is 13.3. The summed E-state index contributed by atoms with van der Waals surface area (Å²) in [6, 6.07) is 2.14. The molecule has 0 unspecified atom stereocenters. The molecule has 5 heteroatoms. The fourth-order valence-electron chi connectivity index (χ4n) is 1.59. The first kappa shape index (κ1) is 9.89. The molecular weight excluding hydrogens is 205 g/mol. The summed E-state index contributed by atoms with van der Waals surface area (Å²) in [6.45, 7) is 0.397. The van der Waals surface area contributed by atoms with Crippen LogP contribution >= 0.6 is 0 Å². The van der Waals surface area contributed by atoms with Crippen LogP contribution < -0.4 is 11.1 Å². The lowest BCUT2D eigenvalue weighted by molar-refractivity contribution is 0.439. The summed E-state index contributed by atoms with van der Waals surface area (Å²) >= 11 is 0. The van der Waals surface area contributed by atoms with Crippen LogP contribution in [0.25, 0.3) is 0 Å². The van der Waals surface area contributed by atoms with E-state index in [4.69, 9.17) is 5.73 Å². The lowest BCUT2D eigenvalue weighted by Crippen LogP contribution is -2.16. The van der Waals surface area contributed by atoms with Crippen molar-refractivity contribution in [1.29, 1.82) is 0 Å². The third kappa shape index (κ3) is 1.65. The lowest BCUT2D eigenvalue weighted by atomic mass is 9.99. The number of benzene rings is 1. The van der Waals surface area contributed by atoms with Gasteiger partial charge >= 0.3 is 0 Å². The van der Waals surface area contributed by atoms with Gasteiger partial charge in [0.1, 0.15) is 0 Å². The van der Waals surface area contributed by atoms with Crippen molar-refractivity contribution in [3.63, 3.8) is 0 Å². The number of hydrogen-bond acceptors (Lipinski definition) is 2. The third-order valence-electron chi connectivity index (χ3n) is 2.37. The molecular formula is C10H9F3N2. The lowest BCUT2D eigenvalue weighted by Gasteiger charge is -2.09. The van der Waals surface area contributed by atoms with Crippen LogP contribution in [0.4, 0.5) is 13.2 Å². The van der Waals surface area contributed by atoms with E-state index in [1.165, 1.54) is 6.07 Å². The fourth-order valence-corrected chi connectivity index (χ4v) is 1.59. The van der Waals surface area contributed by atoms with E-state index in [-0.39, 0.29) is 11.5 Å². The molecule has 1 aliphatic rings. The van der Waals surface area contributed by atoms with Crippen LogP contribution in [0, 0.1) is 17.5 Å². The molecule has 0 aliphatic carbocycles. The first-order valence-electron chi connectivity index (χ1n) is 4.44. The van der Waals surface area contributed by atoms with Gasteiger partial charge in [0.25, 0.3) is 0 Å². The van der Waals surface area contributed by atoms with Crippen LogP contribution in [0.1, 0.15) is 11.5 Å². The number of rotatable bonds is 1. The van der Waals surface area contributed by atoms with Crippen molar-refractivity contribution in [2.45, 2.75) is 5.92 Å². The molecule has 2 nitrogen and oxygen atoms in total. The minimum atomic E-state index is -1.44. The highest BCUT2D eigenvalue weighted by molar-refractivity contribution is 5.30. The monoisotopic (exact) mass is 214 g/mol. The van der Waals surface area contributed by atoms with Crippen LogP contribution in [0.3, 0.4) is 0 Å². The topological polar surface area (TPSA) is 38.0 Å². The first-order chi connectivity index (χ1) is 7.09. The molecule has 1 aromatic carbocycles. The first-order valence-corrected chi connectivity index (χ1v) is 4.44. The van der Waals surface area contributed by atoms with E-state index in [2.05, 4.69) is 5.32 Å². The van der Waals surface area contributed by atoms with Crippen molar-refractivity contribution in [2.24, 2.45) is 5.73 Å². The second-order valence-electron chi connectivity index (χ2n) is 3.37. The summed E-state index contributed by atoms with van der Waals surface area (Å²) in [5.74, 6) is -3.69. The SMILES string of the molecule is NC1=C[C@@H](c2ccc(F)c(F)c2F)CN1. The Kier molecular flexibility index (Phi) is 2.30. The van der Waals surface area contributed by atoms with Crippen LogP contribution in [0.15, 0.2) is 24.0 Å². The molecule has 0 fully saturated rings. The Bertz CT molecular complexity index is 429. The smallest absolute Gasteiger partial charge is 0.194 e. The molecule has 3 N–H and O–H groups in total. The van der Waals surface area contributed by atoms with Gasteiger partial charge in [0, 0.05) is 12.5 Å². The number of nitrogens with one attached hydrogen (secondary N) is 1. The summed E-state index contributed by atoms with van der Waals surface area (Å²) < 4.78 is 38.9. The Hall–Kier alpha value is -1.65. The Balaban J connectivity index is 2.42. The van der Waals surface area contributed by atoms with Crippen molar-refractivity contribution >= 4 is 0 Å². The van der Waals surface area contributed by atoms with Crippen molar-refractivity contribution in [3.05, 3.63) is 47.0 Å². The Morgan fingerprint density at radius 2 is 1.93 bits per heavy atom. The predicted molar refractivity (Wildman–Crippen MR) is 49.3 cm³/mol. The Morgan fingerprint density at radius 1 is 1.20 bits per heavy atom. The molecule has 1 aliphatic heterocycles. The standard InChI is InChI=1S/C10H9F3N2/c11-7-2-1-6(9(12)10(7)13)5-3-8(14)15-4-5/h1-3,5,15H,4,14H2/t5-/m1/s1. The summed E-state index contributed by atoms with van der Waals surface area (Å²) in [7, 11) is 0. The minimum Gasteiger partial charge on any atom is -0.386 e. The molecule has 0 amide bonds. The van der Waals surface area contributed by atoms with Gasteiger partial charge in [0.15, 0.2) is 17.5 Å². The van der Waals surface area contributed by atoms with Crippen LogP contribution in [0.5, 0.6) is 0 Å². The van der Waals surface area contributed by atoms with E-state index in [0.29, 0.717) is 12.4 Å². The van der Waals surface area contributed by atoms with Gasteiger partial charge in [-0.15, -0.1) is 0 Å².